The highest BCUT2D eigenvalue weighted by Gasteiger charge is 2.11. The monoisotopic (exact) mass is 432 g/mol. The second kappa shape index (κ2) is 11.8. The molecule has 1 heterocycles. The largest absolute Gasteiger partial charge is 0.449 e. The van der Waals surface area contributed by atoms with E-state index in [1.807, 2.05) is 67.6 Å². The van der Waals surface area contributed by atoms with Gasteiger partial charge in [0.2, 0.25) is 0 Å². The van der Waals surface area contributed by atoms with Crippen LogP contribution in [0.2, 0.25) is 0 Å². The summed E-state index contributed by atoms with van der Waals surface area (Å²) < 4.78 is 5.44. The molecule has 3 aromatic rings. The standard InChI is InChI=1S/C26H32N4O2/c1-4-6-11-20(5-2)18-32-26(31)30-23-15-10-14-22(16-23)29-25-17-24(27-19(3)28-25)21-12-8-7-9-13-21/h7-10,12-17,20H,4-6,11,18H2,1-3H3,(H,30,31)(H,27,28,29). The van der Waals surface area contributed by atoms with Crippen molar-refractivity contribution < 1.29 is 9.53 Å². The van der Waals surface area contributed by atoms with Gasteiger partial charge >= 0.3 is 6.09 Å². The molecule has 2 N–H and O–H groups in total. The first kappa shape index (κ1) is 23.3. The molecule has 32 heavy (non-hydrogen) atoms. The number of carbonyl (C=O) groups is 1. The molecule has 0 saturated carbocycles. The van der Waals surface area contributed by atoms with Crippen LogP contribution in [-0.2, 0) is 4.74 Å². The van der Waals surface area contributed by atoms with E-state index in [1.165, 1.54) is 0 Å². The van der Waals surface area contributed by atoms with Gasteiger partial charge in [-0.1, -0.05) is 69.5 Å². The summed E-state index contributed by atoms with van der Waals surface area (Å²) in [6, 6.07) is 19.4. The average Bonchev–Trinajstić information content (AvgIpc) is 2.79. The fourth-order valence-corrected chi connectivity index (χ4v) is 3.46. The number of carbonyl (C=O) groups excluding carboxylic acids is 1. The number of hydrogen-bond acceptors (Lipinski definition) is 5. The van der Waals surface area contributed by atoms with Crippen LogP contribution in [-0.4, -0.2) is 22.7 Å². The number of ether oxygens (including phenoxy) is 1. The van der Waals surface area contributed by atoms with Crippen molar-refractivity contribution in [1.29, 1.82) is 0 Å². The molecule has 1 amide bonds. The van der Waals surface area contributed by atoms with Crippen LogP contribution in [0.3, 0.4) is 0 Å². The molecular weight excluding hydrogens is 400 g/mol. The van der Waals surface area contributed by atoms with E-state index in [9.17, 15) is 4.79 Å². The number of benzene rings is 2. The second-order valence-corrected chi connectivity index (χ2v) is 7.90. The first-order valence-corrected chi connectivity index (χ1v) is 11.3. The van der Waals surface area contributed by atoms with Crippen molar-refractivity contribution in [2.45, 2.75) is 46.5 Å². The molecule has 0 aliphatic rings. The number of amides is 1. The van der Waals surface area contributed by atoms with Crippen molar-refractivity contribution in [3.63, 3.8) is 0 Å². The molecule has 6 heteroatoms. The Morgan fingerprint density at radius 3 is 2.53 bits per heavy atom. The summed E-state index contributed by atoms with van der Waals surface area (Å²) in [5.74, 6) is 1.78. The third-order valence-electron chi connectivity index (χ3n) is 5.28. The van der Waals surface area contributed by atoms with Gasteiger partial charge in [-0.05, 0) is 37.5 Å². The Labute approximate surface area is 190 Å². The number of aryl methyl sites for hydroxylation is 1. The molecule has 0 spiro atoms. The van der Waals surface area contributed by atoms with Crippen molar-refractivity contribution in [2.24, 2.45) is 5.92 Å². The van der Waals surface area contributed by atoms with Gasteiger partial charge in [-0.25, -0.2) is 14.8 Å². The SMILES string of the molecule is CCCCC(CC)COC(=O)Nc1cccc(Nc2cc(-c3ccccc3)nc(C)n2)c1. The van der Waals surface area contributed by atoms with Gasteiger partial charge < -0.3 is 10.1 Å². The maximum atomic E-state index is 12.2. The Balaban J connectivity index is 1.63. The molecule has 0 aliphatic carbocycles. The van der Waals surface area contributed by atoms with Crippen molar-refractivity contribution >= 4 is 23.3 Å². The van der Waals surface area contributed by atoms with Gasteiger partial charge in [0.05, 0.1) is 12.3 Å². The first-order chi connectivity index (χ1) is 15.6. The summed E-state index contributed by atoms with van der Waals surface area (Å²) in [7, 11) is 0. The van der Waals surface area contributed by atoms with Gasteiger partial charge in [0.25, 0.3) is 0 Å². The molecule has 0 aliphatic heterocycles. The highest BCUT2D eigenvalue weighted by Crippen LogP contribution is 2.23. The van der Waals surface area contributed by atoms with Gasteiger partial charge in [-0.3, -0.25) is 5.32 Å². The van der Waals surface area contributed by atoms with E-state index in [2.05, 4.69) is 34.4 Å². The summed E-state index contributed by atoms with van der Waals surface area (Å²) in [4.78, 5) is 21.3. The Bertz CT molecular complexity index is 1010. The zero-order valence-electron chi connectivity index (χ0n) is 19.1. The normalized spacial score (nSPS) is 11.6. The molecule has 0 saturated heterocycles. The third-order valence-corrected chi connectivity index (χ3v) is 5.28. The second-order valence-electron chi connectivity index (χ2n) is 7.90. The molecule has 0 radical (unpaired) electrons. The van der Waals surface area contributed by atoms with Gasteiger partial charge in [0.1, 0.15) is 11.6 Å². The van der Waals surface area contributed by atoms with Crippen LogP contribution in [0.5, 0.6) is 0 Å². The van der Waals surface area contributed by atoms with Crippen molar-refractivity contribution in [2.75, 3.05) is 17.2 Å². The number of hydrogen-bond donors (Lipinski definition) is 2. The lowest BCUT2D eigenvalue weighted by atomic mass is 10.0. The predicted octanol–water partition coefficient (Wildman–Crippen LogP) is 6.96. The van der Waals surface area contributed by atoms with E-state index in [0.29, 0.717) is 29.9 Å². The summed E-state index contributed by atoms with van der Waals surface area (Å²) in [6.07, 6.45) is 3.98. The van der Waals surface area contributed by atoms with Crippen LogP contribution in [0.15, 0.2) is 60.7 Å². The molecule has 1 aromatic heterocycles. The van der Waals surface area contributed by atoms with Crippen LogP contribution < -0.4 is 10.6 Å². The molecule has 3 rings (SSSR count). The zero-order chi connectivity index (χ0) is 22.8. The maximum absolute atomic E-state index is 12.2. The summed E-state index contributed by atoms with van der Waals surface area (Å²) in [5.41, 5.74) is 3.36. The average molecular weight is 433 g/mol. The summed E-state index contributed by atoms with van der Waals surface area (Å²) in [6.45, 7) is 6.62. The van der Waals surface area contributed by atoms with E-state index in [4.69, 9.17) is 4.74 Å². The summed E-state index contributed by atoms with van der Waals surface area (Å²) in [5, 5.41) is 6.13. The number of nitrogens with zero attached hydrogens (tertiary/aromatic N) is 2. The molecule has 1 atom stereocenters. The van der Waals surface area contributed by atoms with E-state index in [-0.39, 0.29) is 0 Å². The first-order valence-electron chi connectivity index (χ1n) is 11.3. The highest BCUT2D eigenvalue weighted by atomic mass is 16.5. The Kier molecular flexibility index (Phi) is 8.61. The van der Waals surface area contributed by atoms with Crippen molar-refractivity contribution in [3.8, 4) is 11.3 Å². The van der Waals surface area contributed by atoms with E-state index in [0.717, 1.165) is 42.6 Å². The minimum Gasteiger partial charge on any atom is -0.449 e. The Hall–Kier alpha value is -3.41. The molecule has 0 fully saturated rings. The van der Waals surface area contributed by atoms with Crippen molar-refractivity contribution in [1.82, 2.24) is 9.97 Å². The molecule has 0 bridgehead atoms. The van der Waals surface area contributed by atoms with Gasteiger partial charge in [0, 0.05) is 23.0 Å². The van der Waals surface area contributed by atoms with Crippen LogP contribution in [0.25, 0.3) is 11.3 Å². The highest BCUT2D eigenvalue weighted by molar-refractivity contribution is 5.85. The van der Waals surface area contributed by atoms with Crippen LogP contribution in [0.1, 0.15) is 45.4 Å². The van der Waals surface area contributed by atoms with E-state index >= 15 is 0 Å². The minimum absolute atomic E-state index is 0.411. The number of anilines is 3. The molecule has 2 aromatic carbocycles. The smallest absolute Gasteiger partial charge is 0.411 e. The third kappa shape index (κ3) is 7.08. The van der Waals surface area contributed by atoms with Gasteiger partial charge in [0.15, 0.2) is 0 Å². The molecular formula is C26H32N4O2. The fourth-order valence-electron chi connectivity index (χ4n) is 3.46. The topological polar surface area (TPSA) is 76.1 Å². The van der Waals surface area contributed by atoms with E-state index < -0.39 is 6.09 Å². The number of rotatable bonds is 10. The lowest BCUT2D eigenvalue weighted by molar-refractivity contribution is 0.136. The summed E-state index contributed by atoms with van der Waals surface area (Å²) >= 11 is 0. The quantitative estimate of drug-likeness (QED) is 0.362. The Morgan fingerprint density at radius 2 is 1.78 bits per heavy atom. The van der Waals surface area contributed by atoms with Gasteiger partial charge in [-0.2, -0.15) is 0 Å². The predicted molar refractivity (Wildman–Crippen MR) is 130 cm³/mol. The van der Waals surface area contributed by atoms with Crippen molar-refractivity contribution in [3.05, 3.63) is 66.5 Å². The lowest BCUT2D eigenvalue weighted by Gasteiger charge is -2.15. The molecule has 168 valence electrons. The van der Waals surface area contributed by atoms with E-state index in [1.54, 1.807) is 0 Å². The fraction of sp³-hybridized carbons (Fsp3) is 0.346. The maximum Gasteiger partial charge on any atom is 0.411 e. The zero-order valence-corrected chi connectivity index (χ0v) is 19.1. The lowest BCUT2D eigenvalue weighted by Crippen LogP contribution is -2.18. The van der Waals surface area contributed by atoms with Crippen LogP contribution in [0.4, 0.5) is 22.0 Å². The molecule has 6 nitrogen and oxygen atoms in total. The van der Waals surface area contributed by atoms with Crippen LogP contribution >= 0.6 is 0 Å². The van der Waals surface area contributed by atoms with Gasteiger partial charge in [-0.15, -0.1) is 0 Å². The minimum atomic E-state index is -0.429. The molecule has 1 unspecified atom stereocenters. The number of aromatic nitrogens is 2. The van der Waals surface area contributed by atoms with Crippen LogP contribution in [0, 0.1) is 12.8 Å². The number of nitrogens with one attached hydrogen (secondary N) is 2. The Morgan fingerprint density at radius 1 is 1.00 bits per heavy atom. The number of unbranched alkanes of at least 4 members (excludes halogenated alkanes) is 1.